The molecular weight excluding hydrogens is 374 g/mol. The van der Waals surface area contributed by atoms with Crippen molar-refractivity contribution in [1.82, 2.24) is 9.24 Å². The third-order valence-electron chi connectivity index (χ3n) is 6.01. The van der Waals surface area contributed by atoms with Crippen molar-refractivity contribution >= 4 is 16.6 Å². The van der Waals surface area contributed by atoms with E-state index in [0.717, 1.165) is 38.0 Å². The highest BCUT2D eigenvalue weighted by Crippen LogP contribution is 2.42. The minimum Gasteiger partial charge on any atom is -0.492 e. The van der Waals surface area contributed by atoms with E-state index < -0.39 is 11.2 Å². The van der Waals surface area contributed by atoms with Gasteiger partial charge in [0, 0.05) is 31.8 Å². The van der Waals surface area contributed by atoms with Gasteiger partial charge in [-0.05, 0) is 44.2 Å². The van der Waals surface area contributed by atoms with Crippen LogP contribution in [-0.4, -0.2) is 48.7 Å². The van der Waals surface area contributed by atoms with Crippen LogP contribution < -0.4 is 32.5 Å². The number of methoxy groups -OCH3 is 1. The topological polar surface area (TPSA) is 118 Å². The average molecular weight is 403 g/mol. The van der Waals surface area contributed by atoms with Gasteiger partial charge in [-0.2, -0.15) is 4.68 Å². The third kappa shape index (κ3) is 3.38. The van der Waals surface area contributed by atoms with E-state index in [0.29, 0.717) is 40.5 Å². The third-order valence-corrected chi connectivity index (χ3v) is 6.01. The number of benzene rings is 1. The number of nitrogens with two attached hydrogens (primary N) is 2. The van der Waals surface area contributed by atoms with Crippen LogP contribution in [0.25, 0.3) is 10.9 Å². The molecule has 4 rings (SSSR count). The highest BCUT2D eigenvalue weighted by Gasteiger charge is 2.33. The maximum Gasteiger partial charge on any atom is 0.350 e. The van der Waals surface area contributed by atoms with Gasteiger partial charge in [0.25, 0.3) is 5.56 Å². The number of nitrogen functional groups attached to an aromatic ring is 1. The maximum absolute atomic E-state index is 12.7. The van der Waals surface area contributed by atoms with Gasteiger partial charge in [-0.15, -0.1) is 0 Å². The van der Waals surface area contributed by atoms with E-state index in [9.17, 15) is 9.59 Å². The van der Waals surface area contributed by atoms with Gasteiger partial charge in [0.05, 0.1) is 24.8 Å². The Labute approximate surface area is 168 Å². The van der Waals surface area contributed by atoms with Crippen LogP contribution in [-0.2, 0) is 4.74 Å². The monoisotopic (exact) mass is 403 g/mol. The lowest BCUT2D eigenvalue weighted by molar-refractivity contribution is 0.119. The molecule has 2 aromatic rings. The highest BCUT2D eigenvalue weighted by atomic mass is 16.5. The molecule has 9 heteroatoms. The van der Waals surface area contributed by atoms with Gasteiger partial charge >= 0.3 is 5.69 Å². The molecule has 0 spiro atoms. The van der Waals surface area contributed by atoms with Crippen LogP contribution in [0.15, 0.2) is 21.7 Å². The molecule has 1 aromatic carbocycles. The predicted molar refractivity (Wildman–Crippen MR) is 112 cm³/mol. The van der Waals surface area contributed by atoms with Gasteiger partial charge in [0.2, 0.25) is 0 Å². The Balaban J connectivity index is 1.77. The van der Waals surface area contributed by atoms with E-state index in [1.54, 1.807) is 17.7 Å². The molecule has 9 nitrogen and oxygen atoms in total. The Bertz CT molecular complexity index is 1030. The van der Waals surface area contributed by atoms with E-state index in [2.05, 4.69) is 4.90 Å². The lowest BCUT2D eigenvalue weighted by Crippen LogP contribution is -2.44. The Morgan fingerprint density at radius 2 is 2.00 bits per heavy atom. The van der Waals surface area contributed by atoms with E-state index >= 15 is 0 Å². The lowest BCUT2D eigenvalue weighted by Gasteiger charge is -2.25. The molecule has 158 valence electrons. The van der Waals surface area contributed by atoms with Crippen LogP contribution in [0.4, 0.5) is 5.69 Å². The number of hydrogen-bond donors (Lipinski definition) is 2. The fourth-order valence-electron chi connectivity index (χ4n) is 4.27. The van der Waals surface area contributed by atoms with Gasteiger partial charge in [-0.25, -0.2) is 4.79 Å². The molecule has 1 saturated carbocycles. The summed E-state index contributed by atoms with van der Waals surface area (Å²) in [6.07, 6.45) is 2.73. The average Bonchev–Trinajstić information content (AvgIpc) is 3.44. The first-order valence-electron chi connectivity index (χ1n) is 10.2. The Hall–Kier alpha value is -2.52. The van der Waals surface area contributed by atoms with Crippen molar-refractivity contribution in [2.45, 2.75) is 38.3 Å². The first-order chi connectivity index (χ1) is 14.0. The fourth-order valence-corrected chi connectivity index (χ4v) is 4.27. The summed E-state index contributed by atoms with van der Waals surface area (Å²) in [6, 6.07) is 3.64. The number of anilines is 1. The molecule has 4 N–H and O–H groups in total. The van der Waals surface area contributed by atoms with E-state index in [1.165, 1.54) is 0 Å². The van der Waals surface area contributed by atoms with Crippen molar-refractivity contribution in [3.8, 4) is 5.75 Å². The number of fused-ring (bicyclic) bond motifs is 1. The Kier molecular flexibility index (Phi) is 5.26. The summed E-state index contributed by atoms with van der Waals surface area (Å²) in [5.74, 6) is 6.61. The predicted octanol–water partition coefficient (Wildman–Crippen LogP) is 0.411. The summed E-state index contributed by atoms with van der Waals surface area (Å²) in [6.45, 7) is 4.76. The maximum atomic E-state index is 12.7. The molecule has 29 heavy (non-hydrogen) atoms. The SMILES string of the molecule is CCOCC(N)C1CCN(c2ccc3c(=O)n(N)c(=O)n(C4CC4)c3c2OC)C1. The molecule has 1 aromatic heterocycles. The van der Waals surface area contributed by atoms with Gasteiger partial charge in [0.1, 0.15) is 5.52 Å². The van der Waals surface area contributed by atoms with Crippen molar-refractivity contribution in [1.29, 1.82) is 0 Å². The molecule has 2 unspecified atom stereocenters. The summed E-state index contributed by atoms with van der Waals surface area (Å²) in [4.78, 5) is 27.6. The van der Waals surface area contributed by atoms with Crippen LogP contribution in [0.2, 0.25) is 0 Å². The number of ether oxygens (including phenoxy) is 2. The number of hydrogen-bond acceptors (Lipinski definition) is 7. The zero-order chi connectivity index (χ0) is 20.7. The van der Waals surface area contributed by atoms with Gasteiger partial charge in [0.15, 0.2) is 5.75 Å². The molecular formula is C20H29N5O4. The smallest absolute Gasteiger partial charge is 0.350 e. The van der Waals surface area contributed by atoms with E-state index in [4.69, 9.17) is 21.1 Å². The van der Waals surface area contributed by atoms with Crippen molar-refractivity contribution in [3.63, 3.8) is 0 Å². The molecule has 1 saturated heterocycles. The molecule has 2 heterocycles. The highest BCUT2D eigenvalue weighted by molar-refractivity contribution is 5.90. The van der Waals surface area contributed by atoms with Gasteiger partial charge < -0.3 is 25.9 Å². The zero-order valence-electron chi connectivity index (χ0n) is 17.0. The molecule has 2 fully saturated rings. The van der Waals surface area contributed by atoms with E-state index in [1.807, 2.05) is 13.0 Å². The standard InChI is InChI=1S/C20H29N5O4/c1-3-29-11-15(21)12-8-9-23(10-12)16-7-6-14-17(18(16)28-2)24(13-4-5-13)20(27)25(22)19(14)26/h6-7,12-13,15H,3-5,8-11,21-22H2,1-2H3. The van der Waals surface area contributed by atoms with Crippen molar-refractivity contribution in [3.05, 3.63) is 33.0 Å². The largest absolute Gasteiger partial charge is 0.492 e. The first-order valence-corrected chi connectivity index (χ1v) is 10.2. The van der Waals surface area contributed by atoms with Crippen LogP contribution in [0.3, 0.4) is 0 Å². The molecule has 0 amide bonds. The lowest BCUT2D eigenvalue weighted by atomic mass is 10.0. The molecule has 1 aliphatic heterocycles. The second-order valence-electron chi connectivity index (χ2n) is 7.89. The molecule has 2 atom stereocenters. The number of nitrogens with zero attached hydrogens (tertiary/aromatic N) is 3. The Morgan fingerprint density at radius 1 is 1.24 bits per heavy atom. The summed E-state index contributed by atoms with van der Waals surface area (Å²) in [5.41, 5.74) is 6.70. The zero-order valence-corrected chi connectivity index (χ0v) is 17.0. The summed E-state index contributed by atoms with van der Waals surface area (Å²) >= 11 is 0. The second kappa shape index (κ2) is 7.72. The van der Waals surface area contributed by atoms with E-state index in [-0.39, 0.29) is 12.1 Å². The van der Waals surface area contributed by atoms with Crippen molar-refractivity contribution in [2.75, 3.05) is 44.2 Å². The normalized spacial score (nSPS) is 20.4. The number of rotatable bonds is 7. The van der Waals surface area contributed by atoms with Crippen LogP contribution in [0, 0.1) is 5.92 Å². The molecule has 0 bridgehead atoms. The summed E-state index contributed by atoms with van der Waals surface area (Å²) in [5, 5.41) is 0.392. The summed E-state index contributed by atoms with van der Waals surface area (Å²) in [7, 11) is 1.57. The van der Waals surface area contributed by atoms with Crippen LogP contribution >= 0.6 is 0 Å². The van der Waals surface area contributed by atoms with Gasteiger partial charge in [-0.3, -0.25) is 9.36 Å². The minimum absolute atomic E-state index is 0.0273. The first kappa shape index (κ1) is 19.8. The number of aromatic nitrogens is 2. The summed E-state index contributed by atoms with van der Waals surface area (Å²) < 4.78 is 13.5. The molecule has 1 aliphatic carbocycles. The van der Waals surface area contributed by atoms with Crippen molar-refractivity contribution in [2.24, 2.45) is 11.7 Å². The Morgan fingerprint density at radius 3 is 2.66 bits per heavy atom. The molecule has 2 aliphatic rings. The second-order valence-corrected chi connectivity index (χ2v) is 7.89. The van der Waals surface area contributed by atoms with Crippen molar-refractivity contribution < 1.29 is 9.47 Å². The minimum atomic E-state index is -0.509. The quantitative estimate of drug-likeness (QED) is 0.643. The van der Waals surface area contributed by atoms with Gasteiger partial charge in [-0.1, -0.05) is 0 Å². The fraction of sp³-hybridized carbons (Fsp3) is 0.600. The van der Waals surface area contributed by atoms with Crippen LogP contribution in [0.5, 0.6) is 5.75 Å². The van der Waals surface area contributed by atoms with Crippen LogP contribution in [0.1, 0.15) is 32.2 Å². The molecule has 0 radical (unpaired) electrons.